The number of para-hydroxylation sites is 1. The summed E-state index contributed by atoms with van der Waals surface area (Å²) in [6, 6.07) is 12.7. The smallest absolute Gasteiger partial charge is 0.337 e. The number of aromatic nitrogens is 3. The third kappa shape index (κ3) is 4.06. The molecular formula is C23H21ClN4O2S. The third-order valence-electron chi connectivity index (χ3n) is 5.00. The van der Waals surface area contributed by atoms with Crippen LogP contribution < -0.4 is 5.32 Å². The highest BCUT2D eigenvalue weighted by molar-refractivity contribution is 7.13. The van der Waals surface area contributed by atoms with Crippen LogP contribution in [0.5, 0.6) is 0 Å². The monoisotopic (exact) mass is 452 g/mol. The van der Waals surface area contributed by atoms with Crippen LogP contribution in [0, 0.1) is 13.8 Å². The molecule has 8 heteroatoms. The maximum Gasteiger partial charge on any atom is 0.337 e. The van der Waals surface area contributed by atoms with Crippen molar-refractivity contribution in [3.63, 3.8) is 0 Å². The number of aromatic carboxylic acids is 1. The van der Waals surface area contributed by atoms with Crippen LogP contribution >= 0.6 is 22.9 Å². The molecule has 4 aromatic rings. The minimum atomic E-state index is -1.06. The Morgan fingerprint density at radius 1 is 1.23 bits per heavy atom. The van der Waals surface area contributed by atoms with Crippen LogP contribution in [0.4, 0.5) is 11.5 Å². The third-order valence-corrected chi connectivity index (χ3v) is 6.14. The molecule has 0 unspecified atom stereocenters. The van der Waals surface area contributed by atoms with E-state index in [0.717, 1.165) is 39.6 Å². The van der Waals surface area contributed by atoms with Crippen LogP contribution in [0.3, 0.4) is 0 Å². The number of rotatable bonds is 6. The molecule has 6 nitrogen and oxygen atoms in total. The first-order valence-corrected chi connectivity index (χ1v) is 11.0. The zero-order valence-corrected chi connectivity index (χ0v) is 18.9. The molecule has 0 atom stereocenters. The number of thiazole rings is 1. The van der Waals surface area contributed by atoms with Crippen LogP contribution in [-0.4, -0.2) is 25.8 Å². The fraction of sp³-hybridized carbons (Fsp3) is 0.174. The van der Waals surface area contributed by atoms with E-state index in [2.05, 4.69) is 12.2 Å². The van der Waals surface area contributed by atoms with Crippen LogP contribution in [0.1, 0.15) is 34.2 Å². The number of hydrogen-bond donors (Lipinski definition) is 2. The number of aryl methyl sites for hydroxylation is 3. The van der Waals surface area contributed by atoms with E-state index in [1.807, 2.05) is 48.2 Å². The molecule has 0 spiro atoms. The van der Waals surface area contributed by atoms with Gasteiger partial charge in [-0.2, -0.15) is 5.10 Å². The molecule has 0 aliphatic carbocycles. The molecule has 0 fully saturated rings. The van der Waals surface area contributed by atoms with E-state index in [0.29, 0.717) is 16.5 Å². The molecule has 2 heterocycles. The summed E-state index contributed by atoms with van der Waals surface area (Å²) in [6.07, 6.45) is 0.838. The number of carbonyl (C=O) groups is 1. The maximum atomic E-state index is 11.8. The number of carboxylic acids is 1. The van der Waals surface area contributed by atoms with Crippen molar-refractivity contribution in [1.82, 2.24) is 14.8 Å². The zero-order chi connectivity index (χ0) is 22.1. The SMILES string of the molecule is CCc1csc(-c2c(C)nn(-c3ccccc3C)c2Nc2ccc(Cl)cc2C(=O)O)n1. The van der Waals surface area contributed by atoms with Crippen LogP contribution in [0.25, 0.3) is 16.3 Å². The van der Waals surface area contributed by atoms with E-state index < -0.39 is 5.97 Å². The van der Waals surface area contributed by atoms with Crippen molar-refractivity contribution >= 4 is 40.4 Å². The summed E-state index contributed by atoms with van der Waals surface area (Å²) in [7, 11) is 0. The molecule has 0 saturated carbocycles. The first kappa shape index (κ1) is 21.1. The second-order valence-electron chi connectivity index (χ2n) is 7.12. The topological polar surface area (TPSA) is 80.0 Å². The second kappa shape index (κ2) is 8.53. The number of carboxylic acid groups (broad SMARTS) is 1. The average molecular weight is 453 g/mol. The molecule has 0 amide bonds. The van der Waals surface area contributed by atoms with Gasteiger partial charge in [-0.25, -0.2) is 14.5 Å². The molecule has 0 aliphatic heterocycles. The van der Waals surface area contributed by atoms with E-state index in [4.69, 9.17) is 21.7 Å². The minimum Gasteiger partial charge on any atom is -0.478 e. The number of benzene rings is 2. The summed E-state index contributed by atoms with van der Waals surface area (Å²) in [5.74, 6) is -0.402. The zero-order valence-electron chi connectivity index (χ0n) is 17.3. The van der Waals surface area contributed by atoms with Gasteiger partial charge >= 0.3 is 5.97 Å². The first-order chi connectivity index (χ1) is 14.9. The number of halogens is 1. The lowest BCUT2D eigenvalue weighted by atomic mass is 10.1. The lowest BCUT2D eigenvalue weighted by Gasteiger charge is -2.15. The van der Waals surface area contributed by atoms with Gasteiger partial charge in [0.25, 0.3) is 0 Å². The summed E-state index contributed by atoms with van der Waals surface area (Å²) in [6.45, 7) is 6.01. The first-order valence-electron chi connectivity index (χ1n) is 9.79. The second-order valence-corrected chi connectivity index (χ2v) is 8.42. The van der Waals surface area contributed by atoms with Gasteiger partial charge in [0.15, 0.2) is 0 Å². The number of nitrogens with one attached hydrogen (secondary N) is 1. The standard InChI is InChI=1S/C23H21ClN4O2S/c1-4-16-12-31-22(25-16)20-14(3)27-28(19-8-6-5-7-13(19)2)21(20)26-18-10-9-15(24)11-17(18)23(29)30/h5-12,26H,4H2,1-3H3,(H,29,30). The summed E-state index contributed by atoms with van der Waals surface area (Å²) >= 11 is 7.59. The van der Waals surface area contributed by atoms with Crippen molar-refractivity contribution in [2.24, 2.45) is 0 Å². The Balaban J connectivity index is 1.95. The lowest BCUT2D eigenvalue weighted by molar-refractivity contribution is 0.0698. The normalized spacial score (nSPS) is 11.0. The highest BCUT2D eigenvalue weighted by Crippen LogP contribution is 2.38. The van der Waals surface area contributed by atoms with Crippen molar-refractivity contribution < 1.29 is 9.90 Å². The van der Waals surface area contributed by atoms with Gasteiger partial charge in [-0.1, -0.05) is 36.7 Å². The summed E-state index contributed by atoms with van der Waals surface area (Å²) in [5.41, 5.74) is 5.11. The van der Waals surface area contributed by atoms with Gasteiger partial charge in [-0.15, -0.1) is 11.3 Å². The fourth-order valence-corrected chi connectivity index (χ4v) is 4.56. The highest BCUT2D eigenvalue weighted by atomic mass is 35.5. The van der Waals surface area contributed by atoms with Crippen LogP contribution in [0.2, 0.25) is 5.02 Å². The van der Waals surface area contributed by atoms with Gasteiger partial charge in [-0.3, -0.25) is 0 Å². The van der Waals surface area contributed by atoms with Gasteiger partial charge in [-0.05, 0) is 50.1 Å². The number of nitrogens with zero attached hydrogens (tertiary/aromatic N) is 3. The average Bonchev–Trinajstić information content (AvgIpc) is 3.33. The Bertz CT molecular complexity index is 1280. The largest absolute Gasteiger partial charge is 0.478 e. The molecule has 0 saturated heterocycles. The molecule has 0 aliphatic rings. The predicted molar refractivity (Wildman–Crippen MR) is 125 cm³/mol. The quantitative estimate of drug-likeness (QED) is 0.360. The Hall–Kier alpha value is -3.16. The van der Waals surface area contributed by atoms with Crippen molar-refractivity contribution in [3.05, 3.63) is 75.4 Å². The van der Waals surface area contributed by atoms with Gasteiger partial charge in [0.05, 0.1) is 33.9 Å². The van der Waals surface area contributed by atoms with E-state index in [1.165, 1.54) is 6.07 Å². The van der Waals surface area contributed by atoms with Crippen LogP contribution in [0.15, 0.2) is 47.8 Å². The highest BCUT2D eigenvalue weighted by Gasteiger charge is 2.23. The number of hydrogen-bond acceptors (Lipinski definition) is 5. The van der Waals surface area contributed by atoms with Gasteiger partial charge < -0.3 is 10.4 Å². The van der Waals surface area contributed by atoms with Crippen molar-refractivity contribution in [2.75, 3.05) is 5.32 Å². The Morgan fingerprint density at radius 3 is 2.68 bits per heavy atom. The Labute approximate surface area is 189 Å². The fourth-order valence-electron chi connectivity index (χ4n) is 3.39. The van der Waals surface area contributed by atoms with E-state index in [9.17, 15) is 9.90 Å². The molecule has 158 valence electrons. The minimum absolute atomic E-state index is 0.0852. The van der Waals surface area contributed by atoms with E-state index in [1.54, 1.807) is 23.5 Å². The molecule has 4 rings (SSSR count). The molecule has 0 bridgehead atoms. The van der Waals surface area contributed by atoms with Gasteiger partial charge in [0.1, 0.15) is 10.8 Å². The molecule has 2 aromatic heterocycles. The number of anilines is 2. The van der Waals surface area contributed by atoms with Crippen molar-refractivity contribution in [1.29, 1.82) is 0 Å². The van der Waals surface area contributed by atoms with Crippen molar-refractivity contribution in [3.8, 4) is 16.3 Å². The van der Waals surface area contributed by atoms with Crippen molar-refractivity contribution in [2.45, 2.75) is 27.2 Å². The van der Waals surface area contributed by atoms with Gasteiger partial charge in [0.2, 0.25) is 0 Å². The molecule has 31 heavy (non-hydrogen) atoms. The molecular weight excluding hydrogens is 432 g/mol. The molecule has 0 radical (unpaired) electrons. The Morgan fingerprint density at radius 2 is 2.00 bits per heavy atom. The Kier molecular flexibility index (Phi) is 5.80. The molecule has 2 N–H and O–H groups in total. The maximum absolute atomic E-state index is 11.8. The predicted octanol–water partition coefficient (Wildman–Crippen LogP) is 6.27. The van der Waals surface area contributed by atoms with E-state index >= 15 is 0 Å². The van der Waals surface area contributed by atoms with E-state index in [-0.39, 0.29) is 5.56 Å². The molecule has 2 aromatic carbocycles. The van der Waals surface area contributed by atoms with Crippen LogP contribution in [-0.2, 0) is 6.42 Å². The summed E-state index contributed by atoms with van der Waals surface area (Å²) in [5, 5.41) is 21.0. The summed E-state index contributed by atoms with van der Waals surface area (Å²) in [4.78, 5) is 16.6. The van der Waals surface area contributed by atoms with Gasteiger partial charge in [0, 0.05) is 10.4 Å². The summed E-state index contributed by atoms with van der Waals surface area (Å²) < 4.78 is 1.81. The lowest BCUT2D eigenvalue weighted by Crippen LogP contribution is -2.08.